The number of rotatable bonds is 14. The molecule has 1 heterocycles. The van der Waals surface area contributed by atoms with Crippen LogP contribution in [0.25, 0.3) is 16.0 Å². The van der Waals surface area contributed by atoms with Gasteiger partial charge < -0.3 is 9.80 Å². The molecule has 0 unspecified atom stereocenters. The quantitative estimate of drug-likeness (QED) is 0.0622. The Kier molecular flexibility index (Phi) is 15.2. The van der Waals surface area contributed by atoms with E-state index in [-0.39, 0.29) is 44.9 Å². The number of anilines is 3. The molecule has 3 N–H and O–H groups in total. The third-order valence-electron chi connectivity index (χ3n) is 9.78. The van der Waals surface area contributed by atoms with Gasteiger partial charge in [-0.1, -0.05) is 66.8 Å². The van der Waals surface area contributed by atoms with Gasteiger partial charge >= 0.3 is 0 Å². The van der Waals surface area contributed by atoms with Crippen molar-refractivity contribution in [3.63, 3.8) is 0 Å². The Labute approximate surface area is 368 Å². The summed E-state index contributed by atoms with van der Waals surface area (Å²) in [5.74, 6) is 2.12. The van der Waals surface area contributed by atoms with Crippen molar-refractivity contribution < 1.29 is 16.8 Å². The molecule has 1 aliphatic heterocycles. The van der Waals surface area contributed by atoms with Crippen LogP contribution in [0.4, 0.5) is 17.1 Å². The van der Waals surface area contributed by atoms with E-state index in [9.17, 15) is 37.9 Å². The van der Waals surface area contributed by atoms with E-state index in [0.29, 0.717) is 37.1 Å². The van der Waals surface area contributed by atoms with Gasteiger partial charge in [-0.15, -0.1) is 0 Å². The second kappa shape index (κ2) is 20.9. The molecule has 0 radical (unpaired) electrons. The molecule has 14 nitrogen and oxygen atoms in total. The van der Waals surface area contributed by atoms with Gasteiger partial charge in [0.05, 0.1) is 48.4 Å². The molecule has 2 aliphatic rings. The second-order valence-corrected chi connectivity index (χ2v) is 17.6. The monoisotopic (exact) mass is 872 g/mol. The molecule has 16 heteroatoms. The van der Waals surface area contributed by atoms with Gasteiger partial charge in [-0.3, -0.25) is 14.9 Å². The van der Waals surface area contributed by atoms with Crippen molar-refractivity contribution in [1.29, 1.82) is 26.5 Å². The van der Waals surface area contributed by atoms with E-state index < -0.39 is 20.0 Å². The highest BCUT2D eigenvalue weighted by Crippen LogP contribution is 2.37. The molecule has 0 bridgehead atoms. The summed E-state index contributed by atoms with van der Waals surface area (Å²) < 4.78 is 51.7. The highest BCUT2D eigenvalue weighted by atomic mass is 32.2. The van der Waals surface area contributed by atoms with Crippen LogP contribution in [0.5, 0.6) is 0 Å². The van der Waals surface area contributed by atoms with Crippen molar-refractivity contribution in [2.45, 2.75) is 12.8 Å². The molecule has 0 aromatic heterocycles. The zero-order chi connectivity index (χ0) is 45.6. The van der Waals surface area contributed by atoms with Crippen molar-refractivity contribution in [2.24, 2.45) is 0 Å². The summed E-state index contributed by atoms with van der Waals surface area (Å²) in [5.41, 5.74) is 5.33. The number of piperazine rings is 1. The zero-order valence-corrected chi connectivity index (χ0v) is 35.9. The van der Waals surface area contributed by atoms with Crippen molar-refractivity contribution in [3.8, 4) is 24.3 Å². The first-order valence-corrected chi connectivity index (χ1v) is 23.0. The van der Waals surface area contributed by atoms with Gasteiger partial charge in [0.15, 0.2) is 0 Å². The van der Waals surface area contributed by atoms with Crippen LogP contribution in [-0.4, -0.2) is 66.3 Å². The molecule has 1 aliphatic carbocycles. The lowest BCUT2D eigenvalue weighted by molar-refractivity contribution is 0.326. The summed E-state index contributed by atoms with van der Waals surface area (Å²) in [6, 6.07) is 30.3. The summed E-state index contributed by atoms with van der Waals surface area (Å²) in [5, 5.41) is 48.1. The first-order valence-electron chi connectivity index (χ1n) is 19.2. The molecule has 314 valence electrons. The smallest absolute Gasteiger partial charge is 0.270 e. The molecule has 1 saturated heterocycles. The van der Waals surface area contributed by atoms with Gasteiger partial charge in [-0.05, 0) is 89.5 Å². The van der Waals surface area contributed by atoms with E-state index in [1.54, 1.807) is 36.4 Å². The van der Waals surface area contributed by atoms with Gasteiger partial charge in [-0.25, -0.2) is 26.9 Å². The Morgan fingerprint density at radius 3 is 1.79 bits per heavy atom. The van der Waals surface area contributed by atoms with Gasteiger partial charge in [-0.2, -0.15) is 15.8 Å². The van der Waals surface area contributed by atoms with Crippen molar-refractivity contribution >= 4 is 54.1 Å². The summed E-state index contributed by atoms with van der Waals surface area (Å²) in [6.07, 6.45) is 13.6. The first kappa shape index (κ1) is 45.9. The standard InChI is InChI=1S/C47H40N10O4S2/c1-53-44(33-52)46(35-19-23-42(24-20-35)55-63(3,60)61)39(30-49)12-8-10-37-16-15-36(47(37)57-27-25-56(26-28-57)43-13-5-4-6-14-43)9-7-11-38(29-48)45(40(31-50)32-51)34-17-21-41(22-18-34)54-62(2,58)59/h4-14,17-24,50,54-55H,15-16,25-28H2,2-3H3/b10-8+,11-7+,36-9+,39-12+,45-38-,46-44+. The first-order chi connectivity index (χ1) is 30.2. The molecule has 3 aromatic rings. The lowest BCUT2D eigenvalue weighted by Crippen LogP contribution is -2.46. The van der Waals surface area contributed by atoms with Crippen LogP contribution in [0.2, 0.25) is 0 Å². The summed E-state index contributed by atoms with van der Waals surface area (Å²) in [6.45, 7) is 10.5. The highest BCUT2D eigenvalue weighted by Gasteiger charge is 2.27. The van der Waals surface area contributed by atoms with E-state index in [1.165, 1.54) is 36.4 Å². The molecular weight excluding hydrogens is 833 g/mol. The second-order valence-electron chi connectivity index (χ2n) is 14.1. The molecule has 0 spiro atoms. The van der Waals surface area contributed by atoms with Gasteiger partial charge in [0, 0.05) is 60.1 Å². The normalized spacial score (nSPS) is 16.0. The number of nitrogens with one attached hydrogen (secondary N) is 3. The number of hydrogen-bond donors (Lipinski definition) is 3. The fraction of sp³-hybridized carbons (Fsp3) is 0.170. The number of benzene rings is 3. The maximum absolute atomic E-state index is 11.7. The maximum atomic E-state index is 11.7. The third kappa shape index (κ3) is 12.2. The number of sulfonamides is 2. The van der Waals surface area contributed by atoms with Crippen molar-refractivity contribution in [1.82, 2.24) is 4.90 Å². The van der Waals surface area contributed by atoms with E-state index >= 15 is 0 Å². The number of para-hydroxylation sites is 1. The highest BCUT2D eigenvalue weighted by molar-refractivity contribution is 7.92. The van der Waals surface area contributed by atoms with Crippen LogP contribution in [0.3, 0.4) is 0 Å². The molecule has 0 amide bonds. The Morgan fingerprint density at radius 2 is 1.30 bits per heavy atom. The van der Waals surface area contributed by atoms with E-state index in [1.807, 2.05) is 42.5 Å². The lowest BCUT2D eigenvalue weighted by atomic mass is 9.94. The van der Waals surface area contributed by atoms with E-state index in [4.69, 9.17) is 12.0 Å². The lowest BCUT2D eigenvalue weighted by Gasteiger charge is -2.38. The molecule has 63 heavy (non-hydrogen) atoms. The Hall–Kier alpha value is -8.16. The molecule has 3 aromatic carbocycles. The SMILES string of the molecule is [C-]#[N+]/C(C#N)=C(/C(C#N)=C/C=C/C1=C(N2CCN(c3ccccc3)CC2)C(=C/C=C/C(C#N)=C(/C(=C=N)C#N)c2ccc(NS(C)(=O)=O)cc2)/CC1)c1ccc(NS(C)(=O)=O)cc1. The molecule has 1 fully saturated rings. The van der Waals surface area contributed by atoms with Crippen molar-refractivity contribution in [2.75, 3.05) is 53.0 Å². The molecule has 5 rings (SSSR count). The minimum atomic E-state index is -3.55. The predicted molar refractivity (Wildman–Crippen MR) is 245 cm³/mol. The van der Waals surface area contributed by atoms with Crippen molar-refractivity contribution in [3.05, 3.63) is 177 Å². The third-order valence-corrected chi connectivity index (χ3v) is 11.0. The topological polar surface area (TPSA) is 222 Å². The fourth-order valence-electron chi connectivity index (χ4n) is 7.12. The summed E-state index contributed by atoms with van der Waals surface area (Å²) >= 11 is 0. The van der Waals surface area contributed by atoms with Crippen LogP contribution >= 0.6 is 0 Å². The number of hydrogen-bond acceptors (Lipinski definition) is 11. The molecular formula is C47H40N10O4S2. The Bertz CT molecular complexity index is 2970. The maximum Gasteiger partial charge on any atom is 0.270 e. The minimum absolute atomic E-state index is 0.0570. The summed E-state index contributed by atoms with van der Waals surface area (Å²) in [4.78, 5) is 7.98. The average molecular weight is 873 g/mol. The fourth-order valence-corrected chi connectivity index (χ4v) is 8.25. The molecule has 0 saturated carbocycles. The Morgan fingerprint density at radius 1 is 0.730 bits per heavy atom. The zero-order valence-electron chi connectivity index (χ0n) is 34.3. The van der Waals surface area contributed by atoms with Crippen LogP contribution in [0.15, 0.2) is 155 Å². The number of nitrogens with zero attached hydrogens (tertiary/aromatic N) is 7. The van der Waals surface area contributed by atoms with Gasteiger partial charge in [0.1, 0.15) is 11.6 Å². The average Bonchev–Trinajstić information content (AvgIpc) is 3.67. The van der Waals surface area contributed by atoms with Crippen LogP contribution in [-0.2, 0) is 20.0 Å². The van der Waals surface area contributed by atoms with Gasteiger partial charge in [0.25, 0.3) is 5.70 Å². The van der Waals surface area contributed by atoms with Crippen LogP contribution < -0.4 is 14.3 Å². The van der Waals surface area contributed by atoms with E-state index in [2.05, 4.69) is 54.2 Å². The van der Waals surface area contributed by atoms with E-state index in [0.717, 1.165) is 48.1 Å². The van der Waals surface area contributed by atoms with Crippen LogP contribution in [0.1, 0.15) is 24.0 Å². The largest absolute Gasteiger partial charge is 0.368 e. The number of allylic oxidation sites excluding steroid dienone is 14. The predicted octanol–water partition coefficient (Wildman–Crippen LogP) is 7.62. The van der Waals surface area contributed by atoms with Crippen LogP contribution in [0, 0.1) is 57.3 Å². The Balaban J connectivity index is 1.55. The van der Waals surface area contributed by atoms with Gasteiger partial charge in [0.2, 0.25) is 20.0 Å². The minimum Gasteiger partial charge on any atom is -0.368 e. The molecule has 0 atom stereocenters. The summed E-state index contributed by atoms with van der Waals surface area (Å²) in [7, 11) is -7.09. The number of nitriles is 4.